The van der Waals surface area contributed by atoms with Crippen LogP contribution in [-0.2, 0) is 6.42 Å². The summed E-state index contributed by atoms with van der Waals surface area (Å²) < 4.78 is 0. The summed E-state index contributed by atoms with van der Waals surface area (Å²) in [5.74, 6) is -1.42. The molecule has 0 aliphatic heterocycles. The molecule has 0 aliphatic carbocycles. The lowest BCUT2D eigenvalue weighted by molar-refractivity contribution is 0.0692. The van der Waals surface area contributed by atoms with E-state index in [0.29, 0.717) is 5.69 Å². The summed E-state index contributed by atoms with van der Waals surface area (Å²) in [7, 11) is 0. The Balaban J connectivity index is 1.80. The molecule has 0 radical (unpaired) electrons. The van der Waals surface area contributed by atoms with E-state index < -0.39 is 5.97 Å². The van der Waals surface area contributed by atoms with E-state index >= 15 is 0 Å². The van der Waals surface area contributed by atoms with Crippen molar-refractivity contribution in [2.24, 2.45) is 0 Å². The number of benzene rings is 2. The van der Waals surface area contributed by atoms with Crippen molar-refractivity contribution in [3.63, 3.8) is 0 Å². The lowest BCUT2D eigenvalue weighted by atomic mass is 10.0. The molecule has 0 amide bonds. The van der Waals surface area contributed by atoms with Crippen LogP contribution < -0.4 is 0 Å². The van der Waals surface area contributed by atoms with Gasteiger partial charge in [0.05, 0.1) is 29.6 Å². The molecule has 3 aromatic rings. The zero-order valence-corrected chi connectivity index (χ0v) is 12.7. The number of carboxylic acid groups (broad SMARTS) is 1. The van der Waals surface area contributed by atoms with Crippen LogP contribution in [0.25, 0.3) is 11.3 Å². The molecule has 2 aromatic carbocycles. The first-order valence-electron chi connectivity index (χ1n) is 7.37. The minimum atomic E-state index is -1.12. The van der Waals surface area contributed by atoms with E-state index in [1.165, 1.54) is 12.1 Å². The van der Waals surface area contributed by atoms with Gasteiger partial charge in [0.2, 0.25) is 0 Å². The van der Waals surface area contributed by atoms with Crippen molar-refractivity contribution in [2.45, 2.75) is 6.42 Å². The molecule has 1 aromatic heterocycles. The fourth-order valence-corrected chi connectivity index (χ4v) is 2.38. The van der Waals surface area contributed by atoms with Gasteiger partial charge in [-0.25, -0.2) is 4.79 Å². The first kappa shape index (κ1) is 15.6. The lowest BCUT2D eigenvalue weighted by Gasteiger charge is -2.05. The molecule has 5 heteroatoms. The van der Waals surface area contributed by atoms with Crippen molar-refractivity contribution in [2.75, 3.05) is 0 Å². The van der Waals surface area contributed by atoms with Crippen molar-refractivity contribution in [3.05, 3.63) is 83.8 Å². The Morgan fingerprint density at radius 2 is 1.50 bits per heavy atom. The quantitative estimate of drug-likeness (QED) is 0.730. The van der Waals surface area contributed by atoms with Gasteiger partial charge in [0.15, 0.2) is 5.78 Å². The molecular formula is C19H14N2O3. The standard InChI is InChI=1S/C19H14N2O3/c22-18(15-8-4-5-9-16(15)19(23)24)10-14-11-21-17(12-20-14)13-6-2-1-3-7-13/h1-9,11-12H,10H2,(H,23,24). The van der Waals surface area contributed by atoms with Crippen LogP contribution in [0.5, 0.6) is 0 Å². The molecule has 1 N–H and O–H groups in total. The summed E-state index contributed by atoms with van der Waals surface area (Å²) in [5, 5.41) is 9.16. The summed E-state index contributed by atoms with van der Waals surface area (Å²) in [6.45, 7) is 0. The largest absolute Gasteiger partial charge is 0.478 e. The Labute approximate surface area is 138 Å². The highest BCUT2D eigenvalue weighted by atomic mass is 16.4. The Kier molecular flexibility index (Phi) is 4.43. The molecule has 3 rings (SSSR count). The number of nitrogens with zero attached hydrogens (tertiary/aromatic N) is 2. The Hall–Kier alpha value is -3.34. The van der Waals surface area contributed by atoms with E-state index in [-0.39, 0.29) is 23.3 Å². The summed E-state index contributed by atoms with van der Waals surface area (Å²) in [6.07, 6.45) is 3.16. The third kappa shape index (κ3) is 3.35. The maximum absolute atomic E-state index is 12.4. The van der Waals surface area contributed by atoms with Gasteiger partial charge in [-0.05, 0) is 6.07 Å². The summed E-state index contributed by atoms with van der Waals surface area (Å²) in [6, 6.07) is 15.8. The average Bonchev–Trinajstić information content (AvgIpc) is 2.63. The van der Waals surface area contributed by atoms with Crippen LogP contribution in [0.2, 0.25) is 0 Å². The monoisotopic (exact) mass is 318 g/mol. The fraction of sp³-hybridized carbons (Fsp3) is 0.0526. The predicted octanol–water partition coefficient (Wildman–Crippen LogP) is 3.27. The van der Waals surface area contributed by atoms with Crippen molar-refractivity contribution >= 4 is 11.8 Å². The maximum atomic E-state index is 12.4. The first-order valence-corrected chi connectivity index (χ1v) is 7.37. The Bertz CT molecular complexity index is 875. The molecule has 0 fully saturated rings. The van der Waals surface area contributed by atoms with Crippen LogP contribution in [0.4, 0.5) is 0 Å². The Morgan fingerprint density at radius 1 is 0.833 bits per heavy atom. The number of aromatic carboxylic acids is 1. The van der Waals surface area contributed by atoms with Gasteiger partial charge in [-0.15, -0.1) is 0 Å². The van der Waals surface area contributed by atoms with Gasteiger partial charge in [0.25, 0.3) is 0 Å². The molecule has 0 spiro atoms. The fourth-order valence-electron chi connectivity index (χ4n) is 2.38. The highest BCUT2D eigenvalue weighted by molar-refractivity contribution is 6.06. The smallest absolute Gasteiger partial charge is 0.336 e. The molecule has 0 saturated heterocycles. The number of carboxylic acids is 1. The van der Waals surface area contributed by atoms with Crippen molar-refractivity contribution < 1.29 is 14.7 Å². The minimum Gasteiger partial charge on any atom is -0.478 e. The molecule has 1 heterocycles. The van der Waals surface area contributed by atoms with Gasteiger partial charge in [-0.1, -0.05) is 48.5 Å². The second-order valence-electron chi connectivity index (χ2n) is 5.21. The number of hydrogen-bond donors (Lipinski definition) is 1. The summed E-state index contributed by atoms with van der Waals surface area (Å²) in [4.78, 5) is 32.1. The molecule has 118 valence electrons. The minimum absolute atomic E-state index is 0.00337. The first-order chi connectivity index (χ1) is 11.6. The maximum Gasteiger partial charge on any atom is 0.336 e. The van der Waals surface area contributed by atoms with Crippen molar-refractivity contribution in [1.82, 2.24) is 9.97 Å². The van der Waals surface area contributed by atoms with E-state index in [9.17, 15) is 9.59 Å². The number of ketones is 1. The molecule has 0 saturated carbocycles. The second-order valence-corrected chi connectivity index (χ2v) is 5.21. The van der Waals surface area contributed by atoms with Crippen molar-refractivity contribution in [3.8, 4) is 11.3 Å². The number of rotatable bonds is 5. The summed E-state index contributed by atoms with van der Waals surface area (Å²) in [5.41, 5.74) is 2.34. The zero-order valence-electron chi connectivity index (χ0n) is 12.7. The van der Waals surface area contributed by atoms with Crippen LogP contribution in [0, 0.1) is 0 Å². The highest BCUT2D eigenvalue weighted by Crippen LogP contribution is 2.16. The van der Waals surface area contributed by atoms with Gasteiger partial charge in [0.1, 0.15) is 0 Å². The topological polar surface area (TPSA) is 80.1 Å². The molecule has 5 nitrogen and oxygen atoms in total. The molecule has 24 heavy (non-hydrogen) atoms. The van der Waals surface area contributed by atoms with Crippen LogP contribution in [0.1, 0.15) is 26.4 Å². The third-order valence-electron chi connectivity index (χ3n) is 3.57. The third-order valence-corrected chi connectivity index (χ3v) is 3.57. The van der Waals surface area contributed by atoms with Crippen molar-refractivity contribution in [1.29, 1.82) is 0 Å². The van der Waals surface area contributed by atoms with Crippen LogP contribution in [-0.4, -0.2) is 26.8 Å². The van der Waals surface area contributed by atoms with E-state index in [0.717, 1.165) is 11.3 Å². The van der Waals surface area contributed by atoms with Gasteiger partial charge >= 0.3 is 5.97 Å². The van der Waals surface area contributed by atoms with Gasteiger partial charge < -0.3 is 5.11 Å². The molecule has 0 atom stereocenters. The molecule has 0 unspecified atom stereocenters. The lowest BCUT2D eigenvalue weighted by Crippen LogP contribution is -2.11. The van der Waals surface area contributed by atoms with E-state index in [4.69, 9.17) is 5.11 Å². The van der Waals surface area contributed by atoms with Crippen LogP contribution in [0.3, 0.4) is 0 Å². The van der Waals surface area contributed by atoms with Crippen LogP contribution in [0.15, 0.2) is 67.0 Å². The number of aromatic nitrogens is 2. The second kappa shape index (κ2) is 6.83. The molecule has 0 bridgehead atoms. The van der Waals surface area contributed by atoms with Gasteiger partial charge in [-0.2, -0.15) is 0 Å². The summed E-state index contributed by atoms with van der Waals surface area (Å²) >= 11 is 0. The predicted molar refractivity (Wildman–Crippen MR) is 88.9 cm³/mol. The molecule has 0 aliphatic rings. The number of hydrogen-bond acceptors (Lipinski definition) is 4. The normalized spacial score (nSPS) is 10.3. The van der Waals surface area contributed by atoms with Gasteiger partial charge in [-0.3, -0.25) is 14.8 Å². The molecular weight excluding hydrogens is 304 g/mol. The zero-order chi connectivity index (χ0) is 16.9. The number of carbonyl (C=O) groups is 2. The number of Topliss-reactive ketones (excluding diaryl/α,β-unsaturated/α-hetero) is 1. The SMILES string of the molecule is O=C(O)c1ccccc1C(=O)Cc1cnc(-c2ccccc2)cn1. The highest BCUT2D eigenvalue weighted by Gasteiger charge is 2.16. The van der Waals surface area contributed by atoms with E-state index in [1.807, 2.05) is 30.3 Å². The van der Waals surface area contributed by atoms with E-state index in [2.05, 4.69) is 9.97 Å². The van der Waals surface area contributed by atoms with Gasteiger partial charge in [0, 0.05) is 17.3 Å². The number of carbonyl (C=O) groups excluding carboxylic acids is 1. The van der Waals surface area contributed by atoms with Crippen LogP contribution >= 0.6 is 0 Å². The average molecular weight is 318 g/mol. The van der Waals surface area contributed by atoms with E-state index in [1.54, 1.807) is 24.5 Å². The Morgan fingerprint density at radius 3 is 2.12 bits per heavy atom.